The van der Waals surface area contributed by atoms with Crippen molar-refractivity contribution in [3.63, 3.8) is 0 Å². The van der Waals surface area contributed by atoms with Crippen LogP contribution < -0.4 is 11.5 Å². The van der Waals surface area contributed by atoms with E-state index in [0.29, 0.717) is 0 Å². The van der Waals surface area contributed by atoms with Crippen LogP contribution in [0.2, 0.25) is 0 Å². The smallest absolute Gasteiger partial charge is 0.323 e. The SMILES string of the molecule is CC(=O)C(C(=O)O)C(C[N+](C)(C)C)OC(=O)[C@@H](N)CCC(N)=O. The summed E-state index contributed by atoms with van der Waals surface area (Å²) in [5.41, 5.74) is 10.6. The Morgan fingerprint density at radius 2 is 1.70 bits per heavy atom. The van der Waals surface area contributed by atoms with E-state index in [1.807, 2.05) is 0 Å². The van der Waals surface area contributed by atoms with Gasteiger partial charge in [0.15, 0.2) is 12.0 Å². The monoisotopic (exact) mass is 332 g/mol. The predicted molar refractivity (Wildman–Crippen MR) is 81.0 cm³/mol. The van der Waals surface area contributed by atoms with Gasteiger partial charge in [0.2, 0.25) is 5.91 Å². The summed E-state index contributed by atoms with van der Waals surface area (Å²) in [5.74, 6) is -4.93. The molecular formula is C14H26N3O6+. The normalized spacial score (nSPS) is 15.3. The van der Waals surface area contributed by atoms with Crippen molar-refractivity contribution in [2.45, 2.75) is 31.9 Å². The number of quaternary nitrogens is 1. The summed E-state index contributed by atoms with van der Waals surface area (Å²) < 4.78 is 5.46. The molecule has 1 amide bonds. The van der Waals surface area contributed by atoms with E-state index in [0.717, 1.165) is 6.92 Å². The predicted octanol–water partition coefficient (Wildman–Crippen LogP) is -1.51. The van der Waals surface area contributed by atoms with Crippen LogP contribution in [0.15, 0.2) is 0 Å². The van der Waals surface area contributed by atoms with Crippen LogP contribution in [0.3, 0.4) is 0 Å². The number of ketones is 1. The Morgan fingerprint density at radius 3 is 2.04 bits per heavy atom. The average Bonchev–Trinajstić information content (AvgIpc) is 2.32. The minimum atomic E-state index is -1.47. The highest BCUT2D eigenvalue weighted by Crippen LogP contribution is 2.15. The van der Waals surface area contributed by atoms with Crippen molar-refractivity contribution in [2.24, 2.45) is 17.4 Å². The van der Waals surface area contributed by atoms with Crippen LogP contribution in [0.5, 0.6) is 0 Å². The third kappa shape index (κ3) is 8.27. The molecule has 0 radical (unpaired) electrons. The molecular weight excluding hydrogens is 306 g/mol. The molecule has 0 saturated carbocycles. The van der Waals surface area contributed by atoms with E-state index in [4.69, 9.17) is 16.2 Å². The minimum Gasteiger partial charge on any atom is -0.481 e. The van der Waals surface area contributed by atoms with E-state index < -0.39 is 41.7 Å². The topological polar surface area (TPSA) is 150 Å². The van der Waals surface area contributed by atoms with Crippen LogP contribution in [0.4, 0.5) is 0 Å². The lowest BCUT2D eigenvalue weighted by molar-refractivity contribution is -0.873. The first-order valence-electron chi connectivity index (χ1n) is 7.13. The molecule has 9 heteroatoms. The summed E-state index contributed by atoms with van der Waals surface area (Å²) >= 11 is 0. The molecule has 0 aliphatic carbocycles. The van der Waals surface area contributed by atoms with Gasteiger partial charge in [-0.25, -0.2) is 0 Å². The van der Waals surface area contributed by atoms with Gasteiger partial charge in [-0.1, -0.05) is 0 Å². The number of ether oxygens (including phenoxy) is 1. The number of carboxylic acids is 1. The first kappa shape index (κ1) is 21.0. The highest BCUT2D eigenvalue weighted by molar-refractivity contribution is 5.97. The number of hydrogen-bond donors (Lipinski definition) is 3. The number of likely N-dealkylation sites (N-methyl/N-ethyl adjacent to an activating group) is 1. The lowest BCUT2D eigenvalue weighted by Crippen LogP contribution is -2.51. The minimum absolute atomic E-state index is 0.0108. The number of nitrogens with two attached hydrogens (primary N) is 2. The fourth-order valence-electron chi connectivity index (χ4n) is 2.00. The fraction of sp³-hybridized carbons (Fsp3) is 0.714. The number of aliphatic carboxylic acids is 1. The Kier molecular flexibility index (Phi) is 7.84. The standard InChI is InChI=1S/C14H25N3O6/c1-8(18)12(13(20)21)10(7-17(2,3)4)23-14(22)9(15)5-6-11(16)19/h9-10,12H,5-7,15H2,1-4H3,(H2-,16,19,20,21)/p+1/t9-,10?,12?/m0/s1. The molecule has 0 aliphatic rings. The molecule has 132 valence electrons. The molecule has 0 rings (SSSR count). The van der Waals surface area contributed by atoms with Gasteiger partial charge in [0.1, 0.15) is 18.4 Å². The van der Waals surface area contributed by atoms with Crippen LogP contribution >= 0.6 is 0 Å². The zero-order valence-electron chi connectivity index (χ0n) is 13.9. The Bertz CT molecular complexity index is 458. The van der Waals surface area contributed by atoms with Crippen molar-refractivity contribution >= 4 is 23.6 Å². The molecule has 0 aromatic heterocycles. The number of nitrogens with zero attached hydrogens (tertiary/aromatic N) is 1. The highest BCUT2D eigenvalue weighted by atomic mass is 16.5. The maximum absolute atomic E-state index is 12.0. The Morgan fingerprint density at radius 1 is 1.17 bits per heavy atom. The summed E-state index contributed by atoms with van der Waals surface area (Å²) in [4.78, 5) is 45.6. The van der Waals surface area contributed by atoms with Crippen molar-refractivity contribution in [1.29, 1.82) is 0 Å². The van der Waals surface area contributed by atoms with E-state index in [1.165, 1.54) is 0 Å². The molecule has 0 aliphatic heterocycles. The number of hydrogen-bond acceptors (Lipinski definition) is 6. The summed E-state index contributed by atoms with van der Waals surface area (Å²) in [6.45, 7) is 1.24. The van der Waals surface area contributed by atoms with Gasteiger partial charge in [-0.05, 0) is 13.3 Å². The van der Waals surface area contributed by atoms with Crippen LogP contribution in [0.1, 0.15) is 19.8 Å². The summed E-state index contributed by atoms with van der Waals surface area (Å²) in [5, 5.41) is 9.23. The van der Waals surface area contributed by atoms with Gasteiger partial charge >= 0.3 is 11.9 Å². The molecule has 23 heavy (non-hydrogen) atoms. The van der Waals surface area contributed by atoms with Gasteiger partial charge in [-0.15, -0.1) is 0 Å². The van der Waals surface area contributed by atoms with Crippen LogP contribution in [-0.2, 0) is 23.9 Å². The second-order valence-corrected chi connectivity index (χ2v) is 6.49. The molecule has 0 heterocycles. The average molecular weight is 332 g/mol. The van der Waals surface area contributed by atoms with E-state index in [2.05, 4.69) is 0 Å². The van der Waals surface area contributed by atoms with Crippen molar-refractivity contribution < 1.29 is 33.5 Å². The van der Waals surface area contributed by atoms with Gasteiger partial charge in [0.25, 0.3) is 0 Å². The van der Waals surface area contributed by atoms with Crippen LogP contribution in [-0.4, -0.2) is 73.1 Å². The largest absolute Gasteiger partial charge is 0.481 e. The molecule has 2 unspecified atom stereocenters. The van der Waals surface area contributed by atoms with Crippen LogP contribution in [0.25, 0.3) is 0 Å². The molecule has 5 N–H and O–H groups in total. The van der Waals surface area contributed by atoms with E-state index in [9.17, 15) is 24.3 Å². The lowest BCUT2D eigenvalue weighted by atomic mass is 9.97. The van der Waals surface area contributed by atoms with E-state index >= 15 is 0 Å². The lowest BCUT2D eigenvalue weighted by Gasteiger charge is -2.31. The Balaban J connectivity index is 5.14. The molecule has 0 bridgehead atoms. The fourth-order valence-corrected chi connectivity index (χ4v) is 2.00. The Hall–Kier alpha value is -2.00. The zero-order chi connectivity index (χ0) is 18.4. The van der Waals surface area contributed by atoms with Crippen molar-refractivity contribution in [1.82, 2.24) is 0 Å². The van der Waals surface area contributed by atoms with E-state index in [-0.39, 0.29) is 23.9 Å². The third-order valence-electron chi connectivity index (χ3n) is 3.08. The summed E-state index contributed by atoms with van der Waals surface area (Å²) in [6.07, 6.45) is -1.26. The number of esters is 1. The molecule has 9 nitrogen and oxygen atoms in total. The number of primary amides is 1. The number of carbonyl (C=O) groups is 4. The number of carbonyl (C=O) groups excluding carboxylic acids is 3. The first-order chi connectivity index (χ1) is 10.3. The number of Topliss-reactive ketones (excluding diaryl/α,β-unsaturated/α-hetero) is 1. The van der Waals surface area contributed by atoms with Gasteiger partial charge in [-0.2, -0.15) is 0 Å². The Labute approximate surface area is 135 Å². The van der Waals surface area contributed by atoms with Gasteiger partial charge in [-0.3, -0.25) is 19.2 Å². The molecule has 0 saturated heterocycles. The van der Waals surface area contributed by atoms with Gasteiger partial charge < -0.3 is 25.8 Å². The number of carboxylic acid groups (broad SMARTS) is 1. The maximum atomic E-state index is 12.0. The van der Waals surface area contributed by atoms with Gasteiger partial charge in [0.05, 0.1) is 21.1 Å². The van der Waals surface area contributed by atoms with Crippen LogP contribution in [0, 0.1) is 5.92 Å². The molecule has 0 fully saturated rings. The quantitative estimate of drug-likeness (QED) is 0.250. The molecule has 3 atom stereocenters. The van der Waals surface area contributed by atoms with E-state index in [1.54, 1.807) is 21.1 Å². The molecule has 0 aromatic carbocycles. The van der Waals surface area contributed by atoms with Crippen molar-refractivity contribution in [2.75, 3.05) is 27.7 Å². The molecule has 0 aromatic rings. The molecule has 0 spiro atoms. The summed E-state index contributed by atoms with van der Waals surface area (Å²) in [6, 6.07) is -1.11. The first-order valence-corrected chi connectivity index (χ1v) is 7.13. The maximum Gasteiger partial charge on any atom is 0.323 e. The third-order valence-corrected chi connectivity index (χ3v) is 3.08. The second kappa shape index (κ2) is 8.59. The number of rotatable bonds is 10. The second-order valence-electron chi connectivity index (χ2n) is 6.49. The number of amides is 1. The summed E-state index contributed by atoms with van der Waals surface area (Å²) in [7, 11) is 5.31. The van der Waals surface area contributed by atoms with Crippen molar-refractivity contribution in [3.8, 4) is 0 Å². The zero-order valence-corrected chi connectivity index (χ0v) is 13.9. The van der Waals surface area contributed by atoms with Crippen molar-refractivity contribution in [3.05, 3.63) is 0 Å². The highest BCUT2D eigenvalue weighted by Gasteiger charge is 2.39. The van der Waals surface area contributed by atoms with Gasteiger partial charge in [0, 0.05) is 6.42 Å².